The summed E-state index contributed by atoms with van der Waals surface area (Å²) in [4.78, 5) is 32.0. The second-order valence-corrected chi connectivity index (χ2v) is 20.1. The zero-order valence-corrected chi connectivity index (χ0v) is 29.7. The molecule has 1 aliphatic heterocycles. The predicted octanol–water partition coefficient (Wildman–Crippen LogP) is 9.35. The van der Waals surface area contributed by atoms with Gasteiger partial charge in [-0.25, -0.2) is 4.98 Å². The molecule has 1 aromatic rings. The van der Waals surface area contributed by atoms with E-state index >= 15 is 0 Å². The Morgan fingerprint density at radius 2 is 1.80 bits per heavy atom. The number of rotatable bonds is 4. The van der Waals surface area contributed by atoms with E-state index in [1.807, 2.05) is 53.0 Å². The van der Waals surface area contributed by atoms with Gasteiger partial charge >= 0.3 is 5.97 Å². The summed E-state index contributed by atoms with van der Waals surface area (Å²) < 4.78 is 13.0. The highest BCUT2D eigenvalue weighted by Crippen LogP contribution is 2.41. The molecule has 7 heteroatoms. The van der Waals surface area contributed by atoms with Gasteiger partial charge in [0.05, 0.1) is 16.8 Å². The Morgan fingerprint density at radius 3 is 2.37 bits per heavy atom. The number of aryl methyl sites for hydroxylation is 1. The van der Waals surface area contributed by atoms with Gasteiger partial charge in [-0.15, -0.1) is 11.3 Å². The zero-order valence-electron chi connectivity index (χ0n) is 27.9. The van der Waals surface area contributed by atoms with E-state index in [1.54, 1.807) is 11.3 Å². The molecule has 0 aliphatic carbocycles. The molecule has 0 saturated carbocycles. The number of hydrogen-bond donors (Lipinski definition) is 0. The molecule has 5 nitrogen and oxygen atoms in total. The second kappa shape index (κ2) is 14.1. The maximum atomic E-state index is 14.1. The lowest BCUT2D eigenvalue weighted by molar-refractivity contribution is -0.150. The average molecular weight is 602 g/mol. The van der Waals surface area contributed by atoms with Crippen LogP contribution in [0.4, 0.5) is 0 Å². The van der Waals surface area contributed by atoms with Gasteiger partial charge in [-0.2, -0.15) is 0 Å². The SMILES string of the molecule is C/C1=C/CC(/C(C)=C\c2csc(C)n2)OC(=O)C[C@H](C)C(C)(C)C(=O)[C@H](C)[C@@H](O[Si](C)(C)C(C)(C)C)[C@@H](C)/C=C/C1. The van der Waals surface area contributed by atoms with Crippen molar-refractivity contribution < 1.29 is 18.8 Å². The van der Waals surface area contributed by atoms with Crippen LogP contribution in [0, 0.1) is 30.1 Å². The third-order valence-corrected chi connectivity index (χ3v) is 14.6. The Bertz CT molecular complexity index is 1150. The van der Waals surface area contributed by atoms with Crippen molar-refractivity contribution in [3.63, 3.8) is 0 Å². The Labute approximate surface area is 255 Å². The summed E-state index contributed by atoms with van der Waals surface area (Å²) in [5.41, 5.74) is 2.33. The van der Waals surface area contributed by atoms with E-state index in [9.17, 15) is 9.59 Å². The molecular weight excluding hydrogens is 547 g/mol. The van der Waals surface area contributed by atoms with Gasteiger partial charge in [0, 0.05) is 29.6 Å². The van der Waals surface area contributed by atoms with Crippen LogP contribution in [0.5, 0.6) is 0 Å². The van der Waals surface area contributed by atoms with E-state index in [0.29, 0.717) is 6.42 Å². The first-order valence-electron chi connectivity index (χ1n) is 15.1. The fraction of sp³-hybridized carbons (Fsp3) is 0.676. The van der Waals surface area contributed by atoms with E-state index in [2.05, 4.69) is 70.9 Å². The number of Topliss-reactive ketones (excluding diaryl/α,β-unsaturated/α-hetero) is 1. The predicted molar refractivity (Wildman–Crippen MR) is 175 cm³/mol. The summed E-state index contributed by atoms with van der Waals surface area (Å²) in [6.45, 7) is 27.4. The van der Waals surface area contributed by atoms with Crippen LogP contribution in [0.25, 0.3) is 6.08 Å². The van der Waals surface area contributed by atoms with Crippen LogP contribution in [0.1, 0.15) is 99.2 Å². The van der Waals surface area contributed by atoms with Gasteiger partial charge < -0.3 is 9.16 Å². The molecule has 0 aromatic carbocycles. The smallest absolute Gasteiger partial charge is 0.306 e. The van der Waals surface area contributed by atoms with Gasteiger partial charge in [-0.1, -0.05) is 79.2 Å². The molecule has 0 N–H and O–H groups in total. The van der Waals surface area contributed by atoms with E-state index in [1.165, 1.54) is 5.57 Å². The fourth-order valence-corrected chi connectivity index (χ4v) is 6.96. The van der Waals surface area contributed by atoms with Crippen molar-refractivity contribution in [1.29, 1.82) is 0 Å². The molecule has 1 aliphatic rings. The van der Waals surface area contributed by atoms with E-state index in [-0.39, 0.29) is 53.2 Å². The minimum Gasteiger partial charge on any atom is -0.457 e. The zero-order chi connectivity index (χ0) is 31.3. The van der Waals surface area contributed by atoms with Crippen molar-refractivity contribution in [3.05, 3.63) is 45.5 Å². The highest BCUT2D eigenvalue weighted by atomic mass is 32.1. The summed E-state index contributed by atoms with van der Waals surface area (Å²) in [7, 11) is -2.14. The van der Waals surface area contributed by atoms with Crippen LogP contribution in [-0.4, -0.2) is 37.3 Å². The molecule has 1 aromatic heterocycles. The number of cyclic esters (lactones) is 1. The molecule has 230 valence electrons. The first-order valence-corrected chi connectivity index (χ1v) is 18.9. The van der Waals surface area contributed by atoms with Gasteiger partial charge in [0.15, 0.2) is 8.32 Å². The Kier molecular flexibility index (Phi) is 12.2. The lowest BCUT2D eigenvalue weighted by Gasteiger charge is -2.43. The number of thiazole rings is 1. The fourth-order valence-electron chi connectivity index (χ4n) is 4.94. The maximum absolute atomic E-state index is 14.1. The average Bonchev–Trinajstić information content (AvgIpc) is 3.26. The molecule has 0 spiro atoms. The number of ether oxygens (including phenoxy) is 1. The molecule has 5 atom stereocenters. The number of ketones is 1. The van der Waals surface area contributed by atoms with Crippen molar-refractivity contribution in [2.75, 3.05) is 0 Å². The van der Waals surface area contributed by atoms with Crippen molar-refractivity contribution >= 4 is 37.5 Å². The van der Waals surface area contributed by atoms with Crippen molar-refractivity contribution in [1.82, 2.24) is 4.98 Å². The number of allylic oxidation sites excluding steroid dienone is 2. The van der Waals surface area contributed by atoms with Gasteiger partial charge in [0.25, 0.3) is 0 Å². The Balaban J connectivity index is 2.48. The highest BCUT2D eigenvalue weighted by Gasteiger charge is 2.45. The largest absolute Gasteiger partial charge is 0.457 e. The maximum Gasteiger partial charge on any atom is 0.306 e. The number of nitrogens with zero attached hydrogens (tertiary/aromatic N) is 1. The van der Waals surface area contributed by atoms with Crippen molar-refractivity contribution in [2.45, 2.75) is 126 Å². The quantitative estimate of drug-likeness (QED) is 0.195. The van der Waals surface area contributed by atoms with E-state index in [4.69, 9.17) is 9.16 Å². The van der Waals surface area contributed by atoms with Gasteiger partial charge in [-0.3, -0.25) is 9.59 Å². The topological polar surface area (TPSA) is 65.5 Å². The minimum absolute atomic E-state index is 0.0295. The van der Waals surface area contributed by atoms with E-state index < -0.39 is 13.7 Å². The third kappa shape index (κ3) is 9.59. The van der Waals surface area contributed by atoms with Crippen LogP contribution in [0.2, 0.25) is 18.1 Å². The highest BCUT2D eigenvalue weighted by molar-refractivity contribution is 7.09. The molecule has 0 bridgehead atoms. The van der Waals surface area contributed by atoms with Crippen LogP contribution < -0.4 is 0 Å². The van der Waals surface area contributed by atoms with Crippen LogP contribution >= 0.6 is 11.3 Å². The van der Waals surface area contributed by atoms with Crippen molar-refractivity contribution in [3.8, 4) is 0 Å². The Morgan fingerprint density at radius 1 is 1.17 bits per heavy atom. The van der Waals surface area contributed by atoms with Gasteiger partial charge in [0.2, 0.25) is 0 Å². The second-order valence-electron chi connectivity index (χ2n) is 14.3. The molecular formula is C34H55NO4SSi. The standard InChI is InChI=1S/C34H55NO4SSi/c1-22-15-14-16-23(2)31(39-41(12,13)33(7,8)9)26(5)32(37)34(10,11)25(4)20-30(36)38-29(18-17-22)24(3)19-28-21-40-27(6)35-28/h14,16-17,19,21,23,25-26,29,31H,15,18,20H2,1-13H3/b16-14+,22-17-,24-19-/t23-,25-,26+,29?,31-/m0/s1. The molecule has 2 heterocycles. The summed E-state index contributed by atoms with van der Waals surface area (Å²) in [6, 6.07) is 0. The van der Waals surface area contributed by atoms with Crippen molar-refractivity contribution in [2.24, 2.45) is 23.2 Å². The van der Waals surface area contributed by atoms with Gasteiger partial charge in [0.1, 0.15) is 11.9 Å². The molecule has 2 rings (SSSR count). The molecule has 41 heavy (non-hydrogen) atoms. The molecule has 0 amide bonds. The molecule has 0 radical (unpaired) electrons. The summed E-state index contributed by atoms with van der Waals surface area (Å²) in [6.07, 6.45) is 9.53. The summed E-state index contributed by atoms with van der Waals surface area (Å²) in [5.74, 6) is -0.587. The lowest BCUT2D eigenvalue weighted by atomic mass is 9.69. The normalized spacial score (nSPS) is 29.9. The number of carbonyl (C=O) groups excluding carboxylic acids is 2. The minimum atomic E-state index is -2.14. The molecule has 0 fully saturated rings. The monoisotopic (exact) mass is 601 g/mol. The number of carbonyl (C=O) groups is 2. The Hall–Kier alpha value is -1.83. The van der Waals surface area contributed by atoms with Crippen LogP contribution in [-0.2, 0) is 18.8 Å². The number of esters is 1. The number of aromatic nitrogens is 1. The van der Waals surface area contributed by atoms with Gasteiger partial charge in [-0.05, 0) is 68.8 Å². The summed E-state index contributed by atoms with van der Waals surface area (Å²) in [5, 5.41) is 3.05. The van der Waals surface area contributed by atoms with Crippen LogP contribution in [0.3, 0.4) is 0 Å². The molecule has 1 unspecified atom stereocenters. The molecule has 0 saturated heterocycles. The summed E-state index contributed by atoms with van der Waals surface area (Å²) >= 11 is 1.60. The number of hydrogen-bond acceptors (Lipinski definition) is 6. The first kappa shape index (κ1) is 35.4. The lowest BCUT2D eigenvalue weighted by Crippen LogP contribution is -2.50. The first-order chi connectivity index (χ1) is 18.8. The third-order valence-electron chi connectivity index (χ3n) is 9.36. The van der Waals surface area contributed by atoms with E-state index in [0.717, 1.165) is 22.7 Å². The van der Waals surface area contributed by atoms with Crippen LogP contribution in [0.15, 0.2) is 34.8 Å².